The number of fused-ring (bicyclic) bond motifs is 1. The molecule has 1 aliphatic heterocycles. The molecule has 0 radical (unpaired) electrons. The molecule has 38 heavy (non-hydrogen) atoms. The normalized spacial score (nSPS) is 13.9. The number of hydrogen-bond acceptors (Lipinski definition) is 7. The predicted octanol–water partition coefficient (Wildman–Crippen LogP) is 6.36. The summed E-state index contributed by atoms with van der Waals surface area (Å²) in [5.74, 6) is 1.35. The van der Waals surface area contributed by atoms with Gasteiger partial charge in [0.1, 0.15) is 11.0 Å². The Morgan fingerprint density at radius 2 is 1.63 bits per heavy atom. The molecule has 202 valence electrons. The van der Waals surface area contributed by atoms with Crippen molar-refractivity contribution < 1.29 is 19.1 Å². The summed E-state index contributed by atoms with van der Waals surface area (Å²) in [6.45, 7) is 12.5. The van der Waals surface area contributed by atoms with Gasteiger partial charge in [0.2, 0.25) is 17.8 Å². The fourth-order valence-corrected chi connectivity index (χ4v) is 5.03. The SMILES string of the molecule is CCC(C)C(NC(=O)Nc1c(C(C)C)cccc1C(C)C)C(=O)Nc1nnc(-c2ccc3c(c2)OCO3)s1. The van der Waals surface area contributed by atoms with Gasteiger partial charge in [-0.2, -0.15) is 0 Å². The average Bonchev–Trinajstić information content (AvgIpc) is 3.55. The van der Waals surface area contributed by atoms with Crippen molar-refractivity contribution in [1.29, 1.82) is 0 Å². The van der Waals surface area contributed by atoms with Gasteiger partial charge in [-0.1, -0.05) is 77.5 Å². The first kappa shape index (κ1) is 27.4. The van der Waals surface area contributed by atoms with Crippen LogP contribution in [-0.4, -0.2) is 35.0 Å². The molecule has 1 aliphatic rings. The van der Waals surface area contributed by atoms with Crippen molar-refractivity contribution in [1.82, 2.24) is 15.5 Å². The van der Waals surface area contributed by atoms with E-state index >= 15 is 0 Å². The molecule has 0 bridgehead atoms. The molecule has 9 nitrogen and oxygen atoms in total. The lowest BCUT2D eigenvalue weighted by atomic mass is 9.92. The van der Waals surface area contributed by atoms with Gasteiger partial charge in [-0.3, -0.25) is 10.1 Å². The van der Waals surface area contributed by atoms with Crippen LogP contribution in [0.2, 0.25) is 0 Å². The molecular weight excluding hydrogens is 502 g/mol. The summed E-state index contributed by atoms with van der Waals surface area (Å²) in [6.07, 6.45) is 0.705. The Morgan fingerprint density at radius 3 is 2.29 bits per heavy atom. The number of benzene rings is 2. The molecule has 0 saturated heterocycles. The third-order valence-corrected chi connectivity index (χ3v) is 7.56. The van der Waals surface area contributed by atoms with E-state index in [4.69, 9.17) is 9.47 Å². The zero-order chi connectivity index (χ0) is 27.4. The van der Waals surface area contributed by atoms with Crippen LogP contribution < -0.4 is 25.4 Å². The zero-order valence-electron chi connectivity index (χ0n) is 22.6. The minimum atomic E-state index is -0.758. The van der Waals surface area contributed by atoms with Crippen LogP contribution >= 0.6 is 11.3 Å². The van der Waals surface area contributed by atoms with Crippen LogP contribution in [-0.2, 0) is 4.79 Å². The van der Waals surface area contributed by atoms with Gasteiger partial charge in [0, 0.05) is 11.3 Å². The fourth-order valence-electron chi connectivity index (χ4n) is 4.29. The number of nitrogens with one attached hydrogen (secondary N) is 3. The monoisotopic (exact) mass is 537 g/mol. The van der Waals surface area contributed by atoms with Crippen LogP contribution in [0.5, 0.6) is 11.5 Å². The molecule has 2 heterocycles. The molecule has 0 aliphatic carbocycles. The lowest BCUT2D eigenvalue weighted by Gasteiger charge is -2.25. The topological polar surface area (TPSA) is 114 Å². The van der Waals surface area contributed by atoms with Gasteiger partial charge in [0.15, 0.2) is 11.5 Å². The standard InChI is InChI=1S/C28H35N5O4S/c1-7-17(6)23(29-27(35)30-24-19(15(2)3)9-8-10-20(24)16(4)5)25(34)31-28-33-32-26(38-28)18-11-12-21-22(13-18)37-14-36-21/h8-13,15-17,23H,7,14H2,1-6H3,(H2,29,30,35)(H,31,33,34). The molecule has 3 aromatic rings. The van der Waals surface area contributed by atoms with Gasteiger partial charge < -0.3 is 20.1 Å². The number of anilines is 2. The molecule has 4 rings (SSSR count). The van der Waals surface area contributed by atoms with Crippen LogP contribution in [0.3, 0.4) is 0 Å². The van der Waals surface area contributed by atoms with Crippen LogP contribution in [0.25, 0.3) is 10.6 Å². The molecular formula is C28H35N5O4S. The van der Waals surface area contributed by atoms with Crippen molar-refractivity contribution >= 4 is 34.1 Å². The third-order valence-electron chi connectivity index (χ3n) is 6.67. The zero-order valence-corrected chi connectivity index (χ0v) is 23.4. The first-order valence-corrected chi connectivity index (χ1v) is 13.7. The number of carbonyl (C=O) groups is 2. The minimum absolute atomic E-state index is 0.105. The highest BCUT2D eigenvalue weighted by atomic mass is 32.1. The quantitative estimate of drug-likeness (QED) is 0.293. The van der Waals surface area contributed by atoms with Gasteiger partial charge in [-0.05, 0) is 47.1 Å². The molecule has 3 N–H and O–H groups in total. The van der Waals surface area contributed by atoms with E-state index in [-0.39, 0.29) is 30.5 Å². The summed E-state index contributed by atoms with van der Waals surface area (Å²) in [4.78, 5) is 26.5. The Labute approximate surface area is 227 Å². The van der Waals surface area contributed by atoms with Gasteiger partial charge in [0.25, 0.3) is 0 Å². The first-order valence-electron chi connectivity index (χ1n) is 12.9. The molecule has 10 heteroatoms. The van der Waals surface area contributed by atoms with Crippen molar-refractivity contribution in [2.75, 3.05) is 17.4 Å². The maximum Gasteiger partial charge on any atom is 0.319 e. The summed E-state index contributed by atoms with van der Waals surface area (Å²) in [7, 11) is 0. The molecule has 2 atom stereocenters. The molecule has 3 amide bonds. The Bertz CT molecular complexity index is 1280. The van der Waals surface area contributed by atoms with E-state index in [9.17, 15) is 9.59 Å². The molecule has 2 aromatic carbocycles. The van der Waals surface area contributed by atoms with Gasteiger partial charge in [-0.25, -0.2) is 4.79 Å². The van der Waals surface area contributed by atoms with E-state index in [2.05, 4.69) is 53.8 Å². The summed E-state index contributed by atoms with van der Waals surface area (Å²) >= 11 is 1.25. The molecule has 0 fully saturated rings. The van der Waals surface area contributed by atoms with Crippen LogP contribution in [0, 0.1) is 5.92 Å². The minimum Gasteiger partial charge on any atom is -0.454 e. The number of hydrogen-bond donors (Lipinski definition) is 3. The van der Waals surface area contributed by atoms with E-state index in [1.54, 1.807) is 0 Å². The maximum atomic E-state index is 13.3. The van der Waals surface area contributed by atoms with E-state index in [1.807, 2.05) is 50.2 Å². The number of para-hydroxylation sites is 1. The number of rotatable bonds is 9. The highest BCUT2D eigenvalue weighted by molar-refractivity contribution is 7.18. The fraction of sp³-hybridized carbons (Fsp3) is 0.429. The Morgan fingerprint density at radius 1 is 0.947 bits per heavy atom. The van der Waals surface area contributed by atoms with Crippen LogP contribution in [0.4, 0.5) is 15.6 Å². The van der Waals surface area contributed by atoms with Crippen molar-refractivity contribution in [3.05, 3.63) is 47.5 Å². The molecule has 2 unspecified atom stereocenters. The van der Waals surface area contributed by atoms with Crippen LogP contribution in [0.15, 0.2) is 36.4 Å². The first-order chi connectivity index (χ1) is 18.2. The second-order valence-electron chi connectivity index (χ2n) is 10.1. The van der Waals surface area contributed by atoms with Crippen molar-refractivity contribution in [3.63, 3.8) is 0 Å². The second-order valence-corrected chi connectivity index (χ2v) is 11.0. The van der Waals surface area contributed by atoms with Crippen molar-refractivity contribution in [2.24, 2.45) is 5.92 Å². The number of urea groups is 1. The van der Waals surface area contributed by atoms with Gasteiger partial charge in [-0.15, -0.1) is 10.2 Å². The van der Waals surface area contributed by atoms with E-state index in [0.29, 0.717) is 28.1 Å². The van der Waals surface area contributed by atoms with Crippen molar-refractivity contribution in [3.8, 4) is 22.1 Å². The summed E-state index contributed by atoms with van der Waals surface area (Å²) in [5, 5.41) is 18.1. The van der Waals surface area contributed by atoms with Gasteiger partial charge >= 0.3 is 6.03 Å². The highest BCUT2D eigenvalue weighted by Crippen LogP contribution is 2.37. The highest BCUT2D eigenvalue weighted by Gasteiger charge is 2.28. The lowest BCUT2D eigenvalue weighted by molar-refractivity contribution is -0.119. The largest absolute Gasteiger partial charge is 0.454 e. The van der Waals surface area contributed by atoms with E-state index in [1.165, 1.54) is 11.3 Å². The number of ether oxygens (including phenoxy) is 2. The Kier molecular flexibility index (Phi) is 8.51. The average molecular weight is 538 g/mol. The third kappa shape index (κ3) is 6.07. The number of amides is 3. The van der Waals surface area contributed by atoms with E-state index < -0.39 is 12.1 Å². The van der Waals surface area contributed by atoms with Crippen molar-refractivity contribution in [2.45, 2.75) is 65.8 Å². The maximum absolute atomic E-state index is 13.3. The molecule has 0 saturated carbocycles. The number of carbonyl (C=O) groups excluding carboxylic acids is 2. The number of aromatic nitrogens is 2. The van der Waals surface area contributed by atoms with Crippen LogP contribution in [0.1, 0.15) is 70.9 Å². The summed E-state index contributed by atoms with van der Waals surface area (Å²) in [6, 6.07) is 10.4. The van der Waals surface area contributed by atoms with E-state index in [0.717, 1.165) is 22.4 Å². The summed E-state index contributed by atoms with van der Waals surface area (Å²) < 4.78 is 10.8. The number of nitrogens with zero attached hydrogens (tertiary/aromatic N) is 2. The predicted molar refractivity (Wildman–Crippen MR) is 150 cm³/mol. The molecule has 1 aromatic heterocycles. The smallest absolute Gasteiger partial charge is 0.319 e. The second kappa shape index (κ2) is 11.8. The summed E-state index contributed by atoms with van der Waals surface area (Å²) in [5.41, 5.74) is 3.73. The van der Waals surface area contributed by atoms with Gasteiger partial charge in [0.05, 0.1) is 0 Å². The Balaban J connectivity index is 1.48. The lowest BCUT2D eigenvalue weighted by Crippen LogP contribution is -2.49. The Hall–Kier alpha value is -3.66. The molecule has 0 spiro atoms.